The number of hydrogen-bond donors (Lipinski definition) is 2. The summed E-state index contributed by atoms with van der Waals surface area (Å²) in [4.78, 5) is 2.40. The van der Waals surface area contributed by atoms with Gasteiger partial charge in [-0.1, -0.05) is 0 Å². The fraction of sp³-hybridized carbons (Fsp3) is 0.588. The van der Waals surface area contributed by atoms with Crippen molar-refractivity contribution in [1.29, 1.82) is 0 Å². The number of furan rings is 1. The maximum Gasteiger partial charge on any atom is 0.117 e. The Morgan fingerprint density at radius 3 is 3.09 bits per heavy atom. The fourth-order valence-corrected chi connectivity index (χ4v) is 3.49. The third-order valence-corrected chi connectivity index (χ3v) is 4.84. The van der Waals surface area contributed by atoms with Crippen LogP contribution in [0.15, 0.2) is 22.8 Å². The molecule has 2 aromatic heterocycles. The van der Waals surface area contributed by atoms with Crippen LogP contribution in [-0.2, 0) is 30.8 Å². The van der Waals surface area contributed by atoms with Gasteiger partial charge in [0.05, 0.1) is 24.2 Å². The lowest BCUT2D eigenvalue weighted by Gasteiger charge is -2.26. The Hall–Kier alpha value is -1.63. The molecule has 2 aromatic rings. The van der Waals surface area contributed by atoms with Crippen molar-refractivity contribution in [2.45, 2.75) is 44.9 Å². The molecule has 0 bridgehead atoms. The van der Waals surface area contributed by atoms with Crippen LogP contribution in [0.4, 0.5) is 0 Å². The molecule has 2 N–H and O–H groups in total. The smallest absolute Gasteiger partial charge is 0.117 e. The summed E-state index contributed by atoms with van der Waals surface area (Å²) >= 11 is 0. The Balaban J connectivity index is 1.34. The second-order valence-electron chi connectivity index (χ2n) is 6.43. The first-order valence-electron chi connectivity index (χ1n) is 8.49. The van der Waals surface area contributed by atoms with Crippen LogP contribution in [0.1, 0.15) is 35.6 Å². The number of rotatable bonds is 5. The largest absolute Gasteiger partial charge is 0.468 e. The molecule has 6 nitrogen and oxygen atoms in total. The molecule has 0 unspecified atom stereocenters. The van der Waals surface area contributed by atoms with E-state index in [4.69, 9.17) is 9.15 Å². The zero-order valence-electron chi connectivity index (χ0n) is 13.4. The summed E-state index contributed by atoms with van der Waals surface area (Å²) in [5.74, 6) is 1.02. The van der Waals surface area contributed by atoms with Gasteiger partial charge in [-0.3, -0.25) is 10.00 Å². The zero-order valence-corrected chi connectivity index (χ0v) is 13.4. The highest BCUT2D eigenvalue weighted by Gasteiger charge is 2.23. The number of nitrogens with one attached hydrogen (secondary N) is 2. The van der Waals surface area contributed by atoms with Crippen LogP contribution in [0.5, 0.6) is 0 Å². The minimum absolute atomic E-state index is 0.565. The van der Waals surface area contributed by atoms with Crippen molar-refractivity contribution >= 4 is 0 Å². The number of H-pyrrole nitrogens is 1. The van der Waals surface area contributed by atoms with Crippen LogP contribution < -0.4 is 5.32 Å². The third-order valence-electron chi connectivity index (χ3n) is 4.84. The summed E-state index contributed by atoms with van der Waals surface area (Å²) in [7, 11) is 0. The molecule has 0 spiro atoms. The maximum absolute atomic E-state index is 5.45. The van der Waals surface area contributed by atoms with Crippen molar-refractivity contribution in [3.8, 4) is 0 Å². The minimum atomic E-state index is 0.565. The van der Waals surface area contributed by atoms with Crippen LogP contribution >= 0.6 is 0 Å². The molecule has 4 heterocycles. The molecule has 0 radical (unpaired) electrons. The topological polar surface area (TPSA) is 66.3 Å². The van der Waals surface area contributed by atoms with E-state index in [1.165, 1.54) is 17.0 Å². The number of aromatic nitrogens is 2. The van der Waals surface area contributed by atoms with Crippen molar-refractivity contribution in [1.82, 2.24) is 20.4 Å². The summed E-state index contributed by atoms with van der Waals surface area (Å²) in [6, 6.07) is 4.54. The standard InChI is InChI=1S/C17H24N4O2/c1-2-14(23-7-1)11-21-6-3-15-16(19-20-17(15)12-21)10-18-13-4-8-22-9-5-13/h1-2,7,13,18H,3-6,8-12H2,(H,19,20). The highest BCUT2D eigenvalue weighted by Crippen LogP contribution is 2.22. The fourth-order valence-electron chi connectivity index (χ4n) is 3.49. The van der Waals surface area contributed by atoms with Gasteiger partial charge in [-0.15, -0.1) is 0 Å². The van der Waals surface area contributed by atoms with Gasteiger partial charge in [0.2, 0.25) is 0 Å². The number of aromatic amines is 1. The molecular weight excluding hydrogens is 292 g/mol. The number of nitrogens with zero attached hydrogens (tertiary/aromatic N) is 2. The maximum atomic E-state index is 5.45. The van der Waals surface area contributed by atoms with Crippen molar-refractivity contribution < 1.29 is 9.15 Å². The first kappa shape index (κ1) is 14.9. The van der Waals surface area contributed by atoms with Gasteiger partial charge in [-0.2, -0.15) is 5.10 Å². The molecule has 0 aliphatic carbocycles. The van der Waals surface area contributed by atoms with E-state index in [0.29, 0.717) is 6.04 Å². The van der Waals surface area contributed by atoms with Gasteiger partial charge in [0.15, 0.2) is 0 Å². The summed E-state index contributed by atoms with van der Waals surface area (Å²) in [6.07, 6.45) is 4.99. The summed E-state index contributed by atoms with van der Waals surface area (Å²) < 4.78 is 10.9. The number of fused-ring (bicyclic) bond motifs is 1. The lowest BCUT2D eigenvalue weighted by Crippen LogP contribution is -2.35. The van der Waals surface area contributed by atoms with Crippen LogP contribution in [0.2, 0.25) is 0 Å². The quantitative estimate of drug-likeness (QED) is 0.881. The first-order valence-corrected chi connectivity index (χ1v) is 8.49. The Kier molecular flexibility index (Phi) is 4.46. The zero-order chi connectivity index (χ0) is 15.5. The summed E-state index contributed by atoms with van der Waals surface area (Å²) in [5.41, 5.74) is 3.84. The van der Waals surface area contributed by atoms with Crippen molar-refractivity contribution in [3.63, 3.8) is 0 Å². The molecule has 6 heteroatoms. The molecule has 2 aliphatic heterocycles. The summed E-state index contributed by atoms with van der Waals surface area (Å²) in [5, 5.41) is 11.4. The van der Waals surface area contributed by atoms with E-state index in [1.54, 1.807) is 6.26 Å². The molecule has 4 rings (SSSR count). The van der Waals surface area contributed by atoms with E-state index >= 15 is 0 Å². The van der Waals surface area contributed by atoms with Gasteiger partial charge in [-0.25, -0.2) is 0 Å². The normalized spacial score (nSPS) is 19.8. The van der Waals surface area contributed by atoms with Crippen LogP contribution in [0, 0.1) is 0 Å². The van der Waals surface area contributed by atoms with Crippen molar-refractivity contribution in [2.75, 3.05) is 19.8 Å². The molecule has 23 heavy (non-hydrogen) atoms. The number of ether oxygens (including phenoxy) is 1. The lowest BCUT2D eigenvalue weighted by atomic mass is 10.0. The Labute approximate surface area is 136 Å². The Morgan fingerprint density at radius 2 is 2.26 bits per heavy atom. The predicted octanol–water partition coefficient (Wildman–Crippen LogP) is 1.83. The van der Waals surface area contributed by atoms with E-state index in [9.17, 15) is 0 Å². The van der Waals surface area contributed by atoms with Gasteiger partial charge in [-0.05, 0) is 31.4 Å². The van der Waals surface area contributed by atoms with Gasteiger partial charge in [0.25, 0.3) is 0 Å². The molecule has 0 saturated carbocycles. The summed E-state index contributed by atoms with van der Waals surface area (Å²) in [6.45, 7) is 5.43. The van der Waals surface area contributed by atoms with Gasteiger partial charge >= 0.3 is 0 Å². The van der Waals surface area contributed by atoms with Crippen LogP contribution in [0.25, 0.3) is 0 Å². The minimum Gasteiger partial charge on any atom is -0.468 e. The lowest BCUT2D eigenvalue weighted by molar-refractivity contribution is 0.0775. The average molecular weight is 316 g/mol. The van der Waals surface area contributed by atoms with Gasteiger partial charge in [0.1, 0.15) is 5.76 Å². The molecule has 0 amide bonds. The molecule has 124 valence electrons. The highest BCUT2D eigenvalue weighted by atomic mass is 16.5. The van der Waals surface area contributed by atoms with E-state index in [-0.39, 0.29) is 0 Å². The van der Waals surface area contributed by atoms with Crippen molar-refractivity contribution in [3.05, 3.63) is 41.1 Å². The second-order valence-corrected chi connectivity index (χ2v) is 6.43. The second kappa shape index (κ2) is 6.86. The highest BCUT2D eigenvalue weighted by molar-refractivity contribution is 5.28. The van der Waals surface area contributed by atoms with Gasteiger partial charge < -0.3 is 14.5 Å². The molecule has 0 aromatic carbocycles. The Bertz CT molecular complexity index is 617. The van der Waals surface area contributed by atoms with Crippen LogP contribution in [-0.4, -0.2) is 40.9 Å². The molecular formula is C17H24N4O2. The SMILES string of the molecule is c1coc(CN2CCc3c(CNC4CCOCC4)n[nH]c3C2)c1. The molecule has 1 fully saturated rings. The monoisotopic (exact) mass is 316 g/mol. The average Bonchev–Trinajstić information content (AvgIpc) is 3.23. The first-order chi connectivity index (χ1) is 11.4. The van der Waals surface area contributed by atoms with E-state index in [0.717, 1.165) is 64.4 Å². The van der Waals surface area contributed by atoms with Crippen molar-refractivity contribution in [2.24, 2.45) is 0 Å². The predicted molar refractivity (Wildman–Crippen MR) is 85.8 cm³/mol. The Morgan fingerprint density at radius 1 is 1.35 bits per heavy atom. The van der Waals surface area contributed by atoms with E-state index < -0.39 is 0 Å². The van der Waals surface area contributed by atoms with E-state index in [1.807, 2.05) is 12.1 Å². The molecule has 1 saturated heterocycles. The van der Waals surface area contributed by atoms with Crippen LogP contribution in [0.3, 0.4) is 0 Å². The van der Waals surface area contributed by atoms with E-state index in [2.05, 4.69) is 20.4 Å². The molecule has 2 aliphatic rings. The third kappa shape index (κ3) is 3.49. The van der Waals surface area contributed by atoms with Gasteiger partial charge in [0, 0.05) is 44.5 Å². The number of hydrogen-bond acceptors (Lipinski definition) is 5. The molecule has 0 atom stereocenters.